The van der Waals surface area contributed by atoms with Gasteiger partial charge >= 0.3 is 6.36 Å². The smallest absolute Gasteiger partial charge is 0.496 e. The fourth-order valence-corrected chi connectivity index (χ4v) is 2.86. The standard InChI is InChI=1S/C20H20F3N3O4/c1-11-7-15(26-18(25-11)9-16(27)12-3-4-12)19(28)24-10-13-5-6-14(8-17(13)29-2)30-20(21,22)23/h5-8,12H,3-4,9-10H2,1-2H3,(H,24,28). The molecule has 1 aromatic heterocycles. The van der Waals surface area contributed by atoms with E-state index in [1.54, 1.807) is 6.92 Å². The number of carbonyl (C=O) groups is 2. The average Bonchev–Trinajstić information content (AvgIpc) is 3.50. The van der Waals surface area contributed by atoms with Crippen LogP contribution in [0.5, 0.6) is 11.5 Å². The summed E-state index contributed by atoms with van der Waals surface area (Å²) in [7, 11) is 1.30. The number of methoxy groups -OCH3 is 1. The summed E-state index contributed by atoms with van der Waals surface area (Å²) < 4.78 is 46.0. The Balaban J connectivity index is 1.67. The molecule has 1 N–H and O–H groups in total. The molecule has 0 unspecified atom stereocenters. The quantitative estimate of drug-likeness (QED) is 0.702. The van der Waals surface area contributed by atoms with Crippen LogP contribution in [0.1, 0.15) is 40.4 Å². The second-order valence-corrected chi connectivity index (χ2v) is 6.93. The summed E-state index contributed by atoms with van der Waals surface area (Å²) in [5, 5.41) is 2.64. The minimum absolute atomic E-state index is 0.00626. The summed E-state index contributed by atoms with van der Waals surface area (Å²) >= 11 is 0. The Labute approximate surface area is 170 Å². The Morgan fingerprint density at radius 3 is 2.57 bits per heavy atom. The predicted octanol–water partition coefficient (Wildman–Crippen LogP) is 3.14. The van der Waals surface area contributed by atoms with Crippen molar-refractivity contribution in [3.63, 3.8) is 0 Å². The van der Waals surface area contributed by atoms with E-state index in [9.17, 15) is 22.8 Å². The number of hydrogen-bond acceptors (Lipinski definition) is 6. The SMILES string of the molecule is COc1cc(OC(F)(F)F)ccc1CNC(=O)c1cc(C)nc(CC(=O)C2CC2)n1. The maximum absolute atomic E-state index is 12.5. The van der Waals surface area contributed by atoms with Crippen LogP contribution in [0.3, 0.4) is 0 Å². The molecule has 1 fully saturated rings. The van der Waals surface area contributed by atoms with Gasteiger partial charge in [0.25, 0.3) is 5.91 Å². The van der Waals surface area contributed by atoms with Crippen LogP contribution in [0.2, 0.25) is 0 Å². The molecular formula is C20H20F3N3O4. The van der Waals surface area contributed by atoms with Crippen LogP contribution in [-0.4, -0.2) is 35.1 Å². The average molecular weight is 423 g/mol. The van der Waals surface area contributed by atoms with Gasteiger partial charge in [-0.2, -0.15) is 0 Å². The monoisotopic (exact) mass is 423 g/mol. The van der Waals surface area contributed by atoms with E-state index in [1.165, 1.54) is 19.2 Å². The zero-order valence-electron chi connectivity index (χ0n) is 16.4. The lowest BCUT2D eigenvalue weighted by molar-refractivity contribution is -0.274. The first-order chi connectivity index (χ1) is 14.1. The lowest BCUT2D eigenvalue weighted by atomic mass is 10.1. The van der Waals surface area contributed by atoms with Gasteiger partial charge in [0, 0.05) is 29.8 Å². The van der Waals surface area contributed by atoms with Gasteiger partial charge in [0.15, 0.2) is 0 Å². The molecule has 160 valence electrons. The maximum atomic E-state index is 12.5. The minimum atomic E-state index is -4.82. The van der Waals surface area contributed by atoms with Crippen LogP contribution in [-0.2, 0) is 17.8 Å². The Bertz CT molecular complexity index is 959. The number of ether oxygens (including phenoxy) is 2. The minimum Gasteiger partial charge on any atom is -0.496 e. The van der Waals surface area contributed by atoms with Crippen molar-refractivity contribution in [3.8, 4) is 11.5 Å². The van der Waals surface area contributed by atoms with E-state index in [0.29, 0.717) is 17.1 Å². The van der Waals surface area contributed by atoms with Crippen LogP contribution in [0.4, 0.5) is 13.2 Å². The molecule has 10 heteroatoms. The number of aryl methyl sites for hydroxylation is 1. The number of carbonyl (C=O) groups excluding carboxylic acids is 2. The van der Waals surface area contributed by atoms with Gasteiger partial charge in [0.05, 0.1) is 13.5 Å². The van der Waals surface area contributed by atoms with Crippen LogP contribution < -0.4 is 14.8 Å². The number of amides is 1. The third kappa shape index (κ3) is 5.91. The van der Waals surface area contributed by atoms with Crippen LogP contribution in [0.15, 0.2) is 24.3 Å². The first-order valence-electron chi connectivity index (χ1n) is 9.23. The Morgan fingerprint density at radius 1 is 1.20 bits per heavy atom. The number of Topliss-reactive ketones (excluding diaryl/α,β-unsaturated/α-hetero) is 1. The lowest BCUT2D eigenvalue weighted by Gasteiger charge is -2.13. The zero-order valence-corrected chi connectivity index (χ0v) is 16.4. The van der Waals surface area contributed by atoms with E-state index >= 15 is 0 Å². The second kappa shape index (κ2) is 8.68. The molecular weight excluding hydrogens is 403 g/mol. The molecule has 1 amide bonds. The number of nitrogens with zero attached hydrogens (tertiary/aromatic N) is 2. The highest BCUT2D eigenvalue weighted by Gasteiger charge is 2.31. The van der Waals surface area contributed by atoms with Crippen molar-refractivity contribution in [1.82, 2.24) is 15.3 Å². The number of aromatic nitrogens is 2. The molecule has 3 rings (SSSR count). The van der Waals surface area contributed by atoms with Crippen molar-refractivity contribution in [1.29, 1.82) is 0 Å². The zero-order chi connectivity index (χ0) is 21.9. The number of rotatable bonds is 8. The largest absolute Gasteiger partial charge is 0.573 e. The molecule has 0 aliphatic heterocycles. The Hall–Kier alpha value is -3.17. The summed E-state index contributed by atoms with van der Waals surface area (Å²) in [5.41, 5.74) is 1.12. The van der Waals surface area contributed by atoms with E-state index in [1.807, 2.05) is 0 Å². The first-order valence-corrected chi connectivity index (χ1v) is 9.23. The second-order valence-electron chi connectivity index (χ2n) is 6.93. The molecule has 30 heavy (non-hydrogen) atoms. The molecule has 0 saturated heterocycles. The number of benzene rings is 1. The predicted molar refractivity (Wildman–Crippen MR) is 99.1 cm³/mol. The topological polar surface area (TPSA) is 90.4 Å². The van der Waals surface area contributed by atoms with Crippen molar-refractivity contribution < 1.29 is 32.2 Å². The normalized spacial score (nSPS) is 13.6. The Kier molecular flexibility index (Phi) is 6.23. The third-order valence-electron chi connectivity index (χ3n) is 4.43. The number of ketones is 1. The highest BCUT2D eigenvalue weighted by atomic mass is 19.4. The van der Waals surface area contributed by atoms with E-state index in [2.05, 4.69) is 20.0 Å². The van der Waals surface area contributed by atoms with Gasteiger partial charge in [0.1, 0.15) is 28.8 Å². The van der Waals surface area contributed by atoms with Crippen LogP contribution in [0.25, 0.3) is 0 Å². The molecule has 2 aromatic rings. The molecule has 0 spiro atoms. The highest BCUT2D eigenvalue weighted by molar-refractivity contribution is 5.92. The molecule has 1 aromatic carbocycles. The molecule has 7 nitrogen and oxygen atoms in total. The maximum Gasteiger partial charge on any atom is 0.573 e. The van der Waals surface area contributed by atoms with Gasteiger partial charge < -0.3 is 14.8 Å². The van der Waals surface area contributed by atoms with Gasteiger partial charge in [0.2, 0.25) is 0 Å². The number of nitrogens with one attached hydrogen (secondary N) is 1. The number of halogens is 3. The lowest BCUT2D eigenvalue weighted by Crippen LogP contribution is -2.25. The molecule has 0 radical (unpaired) electrons. The van der Waals surface area contributed by atoms with Gasteiger partial charge in [-0.1, -0.05) is 0 Å². The first kappa shape index (κ1) is 21.5. The van der Waals surface area contributed by atoms with Crippen LogP contribution >= 0.6 is 0 Å². The van der Waals surface area contributed by atoms with E-state index in [4.69, 9.17) is 4.74 Å². The molecule has 1 heterocycles. The Morgan fingerprint density at radius 2 is 1.93 bits per heavy atom. The summed E-state index contributed by atoms with van der Waals surface area (Å²) in [5.74, 6) is -0.361. The van der Waals surface area contributed by atoms with Crippen molar-refractivity contribution in [2.45, 2.75) is 39.1 Å². The van der Waals surface area contributed by atoms with Gasteiger partial charge in [-0.05, 0) is 38.0 Å². The fraction of sp³-hybridized carbons (Fsp3) is 0.400. The number of hydrogen-bond donors (Lipinski definition) is 1. The highest BCUT2D eigenvalue weighted by Crippen LogP contribution is 2.31. The van der Waals surface area contributed by atoms with E-state index in [0.717, 1.165) is 25.0 Å². The summed E-state index contributed by atoms with van der Waals surface area (Å²) in [4.78, 5) is 32.9. The van der Waals surface area contributed by atoms with Crippen molar-refractivity contribution in [2.24, 2.45) is 5.92 Å². The van der Waals surface area contributed by atoms with Crippen molar-refractivity contribution >= 4 is 11.7 Å². The van der Waals surface area contributed by atoms with Crippen molar-refractivity contribution in [2.75, 3.05) is 7.11 Å². The van der Waals surface area contributed by atoms with Gasteiger partial charge in [-0.3, -0.25) is 9.59 Å². The molecule has 0 bridgehead atoms. The third-order valence-corrected chi connectivity index (χ3v) is 4.43. The molecule has 1 saturated carbocycles. The molecule has 1 aliphatic rings. The number of alkyl halides is 3. The molecule has 0 atom stereocenters. The fourth-order valence-electron chi connectivity index (χ4n) is 2.86. The summed E-state index contributed by atoms with van der Waals surface area (Å²) in [6.45, 7) is 1.69. The summed E-state index contributed by atoms with van der Waals surface area (Å²) in [6.07, 6.45) is -2.97. The molecule has 1 aliphatic carbocycles. The van der Waals surface area contributed by atoms with Gasteiger partial charge in [-0.25, -0.2) is 9.97 Å². The van der Waals surface area contributed by atoms with Crippen LogP contribution in [0, 0.1) is 12.8 Å². The van der Waals surface area contributed by atoms with E-state index in [-0.39, 0.29) is 36.1 Å². The van der Waals surface area contributed by atoms with Crippen molar-refractivity contribution in [3.05, 3.63) is 47.0 Å². The van der Waals surface area contributed by atoms with E-state index < -0.39 is 18.0 Å². The summed E-state index contributed by atoms with van der Waals surface area (Å²) in [6, 6.07) is 5.09. The van der Waals surface area contributed by atoms with Gasteiger partial charge in [-0.15, -0.1) is 13.2 Å².